The van der Waals surface area contributed by atoms with E-state index >= 15 is 0 Å². The monoisotopic (exact) mass is 224 g/mol. The van der Waals surface area contributed by atoms with Crippen LogP contribution in [0.3, 0.4) is 0 Å². The molecule has 0 amide bonds. The Bertz CT molecular complexity index is 523. The molecule has 3 nitrogen and oxygen atoms in total. The van der Waals surface area contributed by atoms with Crippen LogP contribution >= 0.6 is 0 Å². The number of aliphatic hydroxyl groups excluding tert-OH is 1. The molecule has 0 radical (unpaired) electrons. The van der Waals surface area contributed by atoms with E-state index in [-0.39, 0.29) is 23.4 Å². The summed E-state index contributed by atoms with van der Waals surface area (Å²) in [4.78, 5) is 0. The highest BCUT2D eigenvalue weighted by Crippen LogP contribution is 2.24. The van der Waals surface area contributed by atoms with Gasteiger partial charge in [0.1, 0.15) is 11.6 Å². The predicted octanol–water partition coefficient (Wildman–Crippen LogP) is 2.16. The van der Waals surface area contributed by atoms with E-state index in [0.717, 1.165) is 12.1 Å². The summed E-state index contributed by atoms with van der Waals surface area (Å²) in [6.45, 7) is 1.27. The molecule has 0 fully saturated rings. The van der Waals surface area contributed by atoms with Crippen molar-refractivity contribution in [1.82, 2.24) is 10.2 Å². The van der Waals surface area contributed by atoms with Crippen LogP contribution in [0.4, 0.5) is 8.78 Å². The fourth-order valence-corrected chi connectivity index (χ4v) is 1.42. The molecule has 0 saturated carbocycles. The van der Waals surface area contributed by atoms with Crippen molar-refractivity contribution in [1.29, 1.82) is 0 Å². The molecule has 1 heterocycles. The molecule has 0 bridgehead atoms. The maximum Gasteiger partial charge on any atom is 0.133 e. The summed E-state index contributed by atoms with van der Waals surface area (Å²) in [5.74, 6) is -1.01. The minimum absolute atomic E-state index is 0.0825. The molecule has 0 aliphatic rings. The third-order valence-corrected chi connectivity index (χ3v) is 2.33. The molecule has 1 aromatic heterocycles. The quantitative estimate of drug-likeness (QED) is 0.821. The number of nitrogens with one attached hydrogen (secondary N) is 1. The molecule has 0 spiro atoms. The molecule has 5 heteroatoms. The number of halogens is 2. The average Bonchev–Trinajstić information content (AvgIpc) is 2.71. The lowest BCUT2D eigenvalue weighted by atomic mass is 10.1. The zero-order valence-corrected chi connectivity index (χ0v) is 8.59. The number of H-pyrrole nitrogens is 1. The summed E-state index contributed by atoms with van der Waals surface area (Å²) in [6.07, 6.45) is 0. The molecule has 0 unspecified atom stereocenters. The first-order chi connectivity index (χ1) is 7.61. The number of benzene rings is 1. The van der Waals surface area contributed by atoms with Gasteiger partial charge in [-0.25, -0.2) is 8.78 Å². The van der Waals surface area contributed by atoms with Gasteiger partial charge in [0, 0.05) is 5.56 Å². The number of rotatable bonds is 2. The molecule has 0 saturated heterocycles. The Morgan fingerprint density at radius 2 is 2.00 bits per heavy atom. The Balaban J connectivity index is 2.51. The first kappa shape index (κ1) is 10.8. The molecule has 0 aliphatic carbocycles. The van der Waals surface area contributed by atoms with Gasteiger partial charge in [-0.2, -0.15) is 5.10 Å². The Kier molecular flexibility index (Phi) is 2.70. The third-order valence-electron chi connectivity index (χ3n) is 2.33. The van der Waals surface area contributed by atoms with Gasteiger partial charge in [-0.3, -0.25) is 5.10 Å². The molecular weight excluding hydrogens is 214 g/mol. The second kappa shape index (κ2) is 4.02. The van der Waals surface area contributed by atoms with Crippen molar-refractivity contribution in [2.75, 3.05) is 0 Å². The number of aromatic amines is 1. The second-order valence-electron chi connectivity index (χ2n) is 3.52. The SMILES string of the molecule is Cc1cc(F)c(-c2cc(CO)[nH]n2)cc1F. The third kappa shape index (κ3) is 1.81. The highest BCUT2D eigenvalue weighted by molar-refractivity contribution is 5.60. The molecular formula is C11H10F2N2O. The Labute approximate surface area is 90.7 Å². The van der Waals surface area contributed by atoms with Gasteiger partial charge >= 0.3 is 0 Å². The fraction of sp³-hybridized carbons (Fsp3) is 0.182. The van der Waals surface area contributed by atoms with Crippen LogP contribution in [0.5, 0.6) is 0 Å². The van der Waals surface area contributed by atoms with Gasteiger partial charge in [0.2, 0.25) is 0 Å². The van der Waals surface area contributed by atoms with Crippen molar-refractivity contribution in [3.05, 3.63) is 41.1 Å². The molecule has 84 valence electrons. The molecule has 16 heavy (non-hydrogen) atoms. The number of nitrogens with zero attached hydrogens (tertiary/aromatic N) is 1. The van der Waals surface area contributed by atoms with Gasteiger partial charge in [-0.1, -0.05) is 0 Å². The van der Waals surface area contributed by atoms with Crippen molar-refractivity contribution in [3.8, 4) is 11.3 Å². The van der Waals surface area contributed by atoms with E-state index in [2.05, 4.69) is 10.2 Å². The molecule has 2 rings (SSSR count). The zero-order chi connectivity index (χ0) is 11.7. The van der Waals surface area contributed by atoms with E-state index in [1.807, 2.05) is 0 Å². The summed E-state index contributed by atoms with van der Waals surface area (Å²) in [7, 11) is 0. The normalized spacial score (nSPS) is 10.8. The summed E-state index contributed by atoms with van der Waals surface area (Å²) in [6, 6.07) is 3.70. The zero-order valence-electron chi connectivity index (χ0n) is 8.59. The lowest BCUT2D eigenvalue weighted by Gasteiger charge is -2.02. The largest absolute Gasteiger partial charge is 0.390 e. The van der Waals surface area contributed by atoms with Gasteiger partial charge < -0.3 is 5.11 Å². The highest BCUT2D eigenvalue weighted by Gasteiger charge is 2.12. The van der Waals surface area contributed by atoms with Crippen molar-refractivity contribution in [3.63, 3.8) is 0 Å². The van der Waals surface area contributed by atoms with Gasteiger partial charge in [0.15, 0.2) is 0 Å². The predicted molar refractivity (Wildman–Crippen MR) is 54.6 cm³/mol. The number of hydrogen-bond acceptors (Lipinski definition) is 2. The Morgan fingerprint density at radius 1 is 1.25 bits per heavy atom. The van der Waals surface area contributed by atoms with Crippen LogP contribution < -0.4 is 0 Å². The maximum atomic E-state index is 13.5. The minimum atomic E-state index is -0.533. The highest BCUT2D eigenvalue weighted by atomic mass is 19.1. The molecule has 2 aromatic rings. The summed E-state index contributed by atoms with van der Waals surface area (Å²) >= 11 is 0. The maximum absolute atomic E-state index is 13.5. The van der Waals surface area contributed by atoms with E-state index in [9.17, 15) is 8.78 Å². The van der Waals surface area contributed by atoms with E-state index in [4.69, 9.17) is 5.11 Å². The molecule has 0 aliphatic heterocycles. The lowest BCUT2D eigenvalue weighted by molar-refractivity contribution is 0.276. The van der Waals surface area contributed by atoms with Gasteiger partial charge in [0.05, 0.1) is 18.0 Å². The average molecular weight is 224 g/mol. The van der Waals surface area contributed by atoms with Crippen molar-refractivity contribution >= 4 is 0 Å². The Hall–Kier alpha value is -1.75. The van der Waals surface area contributed by atoms with Crippen molar-refractivity contribution in [2.24, 2.45) is 0 Å². The first-order valence-corrected chi connectivity index (χ1v) is 4.73. The number of aryl methyl sites for hydroxylation is 1. The molecule has 2 N–H and O–H groups in total. The van der Waals surface area contributed by atoms with Crippen molar-refractivity contribution < 1.29 is 13.9 Å². The topological polar surface area (TPSA) is 48.9 Å². The smallest absolute Gasteiger partial charge is 0.133 e. The van der Waals surface area contributed by atoms with Crippen LogP contribution in [0.25, 0.3) is 11.3 Å². The number of hydrogen-bond donors (Lipinski definition) is 2. The molecule has 1 aromatic carbocycles. The minimum Gasteiger partial charge on any atom is -0.390 e. The van der Waals surface area contributed by atoms with E-state index in [0.29, 0.717) is 5.69 Å². The standard InChI is InChI=1S/C11H10F2N2O/c1-6-2-10(13)8(4-9(6)12)11-3-7(5-16)14-15-11/h2-4,16H,5H2,1H3,(H,14,15). The van der Waals surface area contributed by atoms with Crippen molar-refractivity contribution in [2.45, 2.75) is 13.5 Å². The second-order valence-corrected chi connectivity index (χ2v) is 3.52. The van der Waals surface area contributed by atoms with E-state index in [1.54, 1.807) is 0 Å². The van der Waals surface area contributed by atoms with Crippen LogP contribution in [0.1, 0.15) is 11.3 Å². The first-order valence-electron chi connectivity index (χ1n) is 4.73. The summed E-state index contributed by atoms with van der Waals surface area (Å²) in [5.41, 5.74) is 1.06. The van der Waals surface area contributed by atoms with Gasteiger partial charge in [-0.15, -0.1) is 0 Å². The van der Waals surface area contributed by atoms with Crippen LogP contribution in [-0.4, -0.2) is 15.3 Å². The van der Waals surface area contributed by atoms with E-state index < -0.39 is 11.6 Å². The van der Waals surface area contributed by atoms with Crippen LogP contribution in [-0.2, 0) is 6.61 Å². The number of aromatic nitrogens is 2. The van der Waals surface area contributed by atoms with Crippen LogP contribution in [0.15, 0.2) is 18.2 Å². The lowest BCUT2D eigenvalue weighted by Crippen LogP contribution is -1.90. The van der Waals surface area contributed by atoms with Crippen LogP contribution in [0, 0.1) is 18.6 Å². The van der Waals surface area contributed by atoms with Gasteiger partial charge in [-0.05, 0) is 30.7 Å². The van der Waals surface area contributed by atoms with Crippen LogP contribution in [0.2, 0.25) is 0 Å². The fourth-order valence-electron chi connectivity index (χ4n) is 1.42. The Morgan fingerprint density at radius 3 is 2.62 bits per heavy atom. The summed E-state index contributed by atoms with van der Waals surface area (Å²) < 4.78 is 26.8. The molecule has 0 atom stereocenters. The van der Waals surface area contributed by atoms with E-state index in [1.165, 1.54) is 13.0 Å². The van der Waals surface area contributed by atoms with Gasteiger partial charge in [0.25, 0.3) is 0 Å². The number of aliphatic hydroxyl groups is 1. The summed E-state index contributed by atoms with van der Waals surface area (Å²) in [5, 5.41) is 15.2.